The molecule has 0 saturated heterocycles. The maximum absolute atomic E-state index is 11.0. The number of hydrogen-bond donors (Lipinski definition) is 3. The highest BCUT2D eigenvalue weighted by Gasteiger charge is 2.27. The van der Waals surface area contributed by atoms with Crippen LogP contribution in [0.2, 0.25) is 0 Å². The van der Waals surface area contributed by atoms with Crippen molar-refractivity contribution in [2.45, 2.75) is 64.0 Å². The van der Waals surface area contributed by atoms with Crippen LogP contribution in [0.4, 0.5) is 0 Å². The molecule has 1 rings (SSSR count). The molecule has 0 heterocycles. The molecular weight excluding hydrogens is 216 g/mol. The van der Waals surface area contributed by atoms with Crippen molar-refractivity contribution in [3.8, 4) is 0 Å². The topological polar surface area (TPSA) is 75.3 Å². The summed E-state index contributed by atoms with van der Waals surface area (Å²) in [5, 5.41) is 13.6. The van der Waals surface area contributed by atoms with Gasteiger partial charge in [-0.2, -0.15) is 0 Å². The number of aliphatic hydroxyl groups is 1. The fourth-order valence-electron chi connectivity index (χ4n) is 2.42. The van der Waals surface area contributed by atoms with Gasteiger partial charge >= 0.3 is 0 Å². The molecule has 1 aliphatic carbocycles. The molecule has 1 saturated carbocycles. The first-order valence-corrected chi connectivity index (χ1v) is 6.76. The highest BCUT2D eigenvalue weighted by atomic mass is 16.3. The van der Waals surface area contributed by atoms with E-state index in [1.165, 1.54) is 0 Å². The second kappa shape index (κ2) is 6.36. The van der Waals surface area contributed by atoms with Crippen LogP contribution in [-0.4, -0.2) is 29.2 Å². The van der Waals surface area contributed by atoms with E-state index >= 15 is 0 Å². The standard InChI is InChI=1S/C13H26N2O2/c1-3-13(17,4-2)9-15-11-7-5-10(6-8-11)12(14)16/h10-11,15,17H,3-9H2,1-2H3,(H2,14,16). The molecule has 1 fully saturated rings. The lowest BCUT2D eigenvalue weighted by Gasteiger charge is -2.32. The van der Waals surface area contributed by atoms with Crippen LogP contribution < -0.4 is 11.1 Å². The Morgan fingerprint density at radius 3 is 2.24 bits per heavy atom. The van der Waals surface area contributed by atoms with E-state index in [1.807, 2.05) is 13.8 Å². The summed E-state index contributed by atoms with van der Waals surface area (Å²) in [5.74, 6) is -0.105. The first kappa shape index (κ1) is 14.5. The van der Waals surface area contributed by atoms with Crippen LogP contribution in [0.25, 0.3) is 0 Å². The average Bonchev–Trinajstić information content (AvgIpc) is 2.36. The summed E-state index contributed by atoms with van der Waals surface area (Å²) in [4.78, 5) is 11.0. The molecule has 0 unspecified atom stereocenters. The predicted octanol–water partition coefficient (Wildman–Crippen LogP) is 1.17. The summed E-state index contributed by atoms with van der Waals surface area (Å²) in [6.07, 6.45) is 5.27. The molecular formula is C13H26N2O2. The largest absolute Gasteiger partial charge is 0.389 e. The third-order valence-electron chi connectivity index (χ3n) is 4.17. The van der Waals surface area contributed by atoms with Crippen molar-refractivity contribution in [1.82, 2.24) is 5.32 Å². The zero-order chi connectivity index (χ0) is 12.9. The van der Waals surface area contributed by atoms with Gasteiger partial charge in [0.1, 0.15) is 0 Å². The summed E-state index contributed by atoms with van der Waals surface area (Å²) >= 11 is 0. The van der Waals surface area contributed by atoms with E-state index in [1.54, 1.807) is 0 Å². The molecule has 4 heteroatoms. The molecule has 0 aromatic heterocycles. The molecule has 0 radical (unpaired) electrons. The fourth-order valence-corrected chi connectivity index (χ4v) is 2.42. The molecule has 1 amide bonds. The van der Waals surface area contributed by atoms with Crippen LogP contribution in [-0.2, 0) is 4.79 Å². The number of carbonyl (C=O) groups is 1. The van der Waals surface area contributed by atoms with Gasteiger partial charge in [-0.05, 0) is 38.5 Å². The number of hydrogen-bond acceptors (Lipinski definition) is 3. The predicted molar refractivity (Wildman–Crippen MR) is 68.5 cm³/mol. The van der Waals surface area contributed by atoms with Crippen LogP contribution in [0.3, 0.4) is 0 Å². The van der Waals surface area contributed by atoms with Crippen molar-refractivity contribution in [2.75, 3.05) is 6.54 Å². The Hall–Kier alpha value is -0.610. The molecule has 0 bridgehead atoms. The average molecular weight is 242 g/mol. The number of nitrogens with two attached hydrogens (primary N) is 1. The fraction of sp³-hybridized carbons (Fsp3) is 0.923. The number of amides is 1. The monoisotopic (exact) mass is 242 g/mol. The van der Waals surface area contributed by atoms with Gasteiger partial charge in [0.05, 0.1) is 5.60 Å². The maximum Gasteiger partial charge on any atom is 0.220 e. The quantitative estimate of drug-likeness (QED) is 0.654. The molecule has 0 aromatic carbocycles. The Balaban J connectivity index is 2.29. The smallest absolute Gasteiger partial charge is 0.220 e. The molecule has 0 spiro atoms. The van der Waals surface area contributed by atoms with Gasteiger partial charge in [-0.15, -0.1) is 0 Å². The number of primary amides is 1. The first-order chi connectivity index (χ1) is 8.00. The van der Waals surface area contributed by atoms with Gasteiger partial charge in [-0.1, -0.05) is 13.8 Å². The Kier molecular flexibility index (Phi) is 5.40. The first-order valence-electron chi connectivity index (χ1n) is 6.76. The molecule has 1 aliphatic rings. The van der Waals surface area contributed by atoms with E-state index in [2.05, 4.69) is 5.32 Å². The molecule has 4 nitrogen and oxygen atoms in total. The maximum atomic E-state index is 11.0. The molecule has 0 aliphatic heterocycles. The van der Waals surface area contributed by atoms with Crippen molar-refractivity contribution in [3.63, 3.8) is 0 Å². The summed E-state index contributed by atoms with van der Waals surface area (Å²) in [7, 11) is 0. The van der Waals surface area contributed by atoms with Gasteiger partial charge in [0.2, 0.25) is 5.91 Å². The number of nitrogens with one attached hydrogen (secondary N) is 1. The molecule has 0 atom stereocenters. The normalized spacial score (nSPS) is 25.8. The van der Waals surface area contributed by atoms with Crippen LogP contribution in [0.5, 0.6) is 0 Å². The Morgan fingerprint density at radius 2 is 1.82 bits per heavy atom. The third kappa shape index (κ3) is 4.28. The van der Waals surface area contributed by atoms with Gasteiger partial charge in [0.15, 0.2) is 0 Å². The van der Waals surface area contributed by atoms with E-state index in [9.17, 15) is 9.90 Å². The third-order valence-corrected chi connectivity index (χ3v) is 4.17. The summed E-state index contributed by atoms with van der Waals surface area (Å²) in [5.41, 5.74) is 4.72. The van der Waals surface area contributed by atoms with Crippen molar-refractivity contribution >= 4 is 5.91 Å². The molecule has 17 heavy (non-hydrogen) atoms. The lowest BCUT2D eigenvalue weighted by molar-refractivity contribution is -0.122. The van der Waals surface area contributed by atoms with E-state index in [-0.39, 0.29) is 11.8 Å². The number of carbonyl (C=O) groups excluding carboxylic acids is 1. The van der Waals surface area contributed by atoms with Crippen LogP contribution >= 0.6 is 0 Å². The summed E-state index contributed by atoms with van der Waals surface area (Å²) in [6.45, 7) is 4.66. The van der Waals surface area contributed by atoms with Gasteiger partial charge in [0.25, 0.3) is 0 Å². The van der Waals surface area contributed by atoms with Crippen molar-refractivity contribution in [3.05, 3.63) is 0 Å². The minimum absolute atomic E-state index is 0.0595. The van der Waals surface area contributed by atoms with Crippen LogP contribution in [0.1, 0.15) is 52.4 Å². The van der Waals surface area contributed by atoms with Crippen molar-refractivity contribution < 1.29 is 9.90 Å². The Bertz CT molecular complexity index is 244. The van der Waals surface area contributed by atoms with E-state index in [0.29, 0.717) is 12.6 Å². The van der Waals surface area contributed by atoms with Crippen molar-refractivity contribution in [2.24, 2.45) is 11.7 Å². The zero-order valence-electron chi connectivity index (χ0n) is 11.0. The van der Waals surface area contributed by atoms with E-state index < -0.39 is 5.60 Å². The Morgan fingerprint density at radius 1 is 1.29 bits per heavy atom. The minimum atomic E-state index is -0.583. The lowest BCUT2D eigenvalue weighted by atomic mass is 9.85. The van der Waals surface area contributed by atoms with Gasteiger partial charge in [-0.3, -0.25) is 4.79 Å². The number of rotatable bonds is 6. The minimum Gasteiger partial charge on any atom is -0.389 e. The van der Waals surface area contributed by atoms with Gasteiger partial charge in [0, 0.05) is 18.5 Å². The zero-order valence-corrected chi connectivity index (χ0v) is 11.0. The van der Waals surface area contributed by atoms with Crippen molar-refractivity contribution in [1.29, 1.82) is 0 Å². The SMILES string of the molecule is CCC(O)(CC)CNC1CCC(C(N)=O)CC1. The summed E-state index contributed by atoms with van der Waals surface area (Å²) in [6, 6.07) is 0.426. The molecule has 4 N–H and O–H groups in total. The molecule has 0 aromatic rings. The summed E-state index contributed by atoms with van der Waals surface area (Å²) < 4.78 is 0. The Labute approximate surface area is 104 Å². The second-order valence-corrected chi connectivity index (χ2v) is 5.26. The highest BCUT2D eigenvalue weighted by molar-refractivity contribution is 5.76. The van der Waals surface area contributed by atoms with E-state index in [4.69, 9.17) is 5.73 Å². The van der Waals surface area contributed by atoms with Crippen LogP contribution in [0, 0.1) is 5.92 Å². The molecule has 100 valence electrons. The second-order valence-electron chi connectivity index (χ2n) is 5.26. The highest BCUT2D eigenvalue weighted by Crippen LogP contribution is 2.24. The van der Waals surface area contributed by atoms with E-state index in [0.717, 1.165) is 38.5 Å². The van der Waals surface area contributed by atoms with Gasteiger partial charge in [-0.25, -0.2) is 0 Å². The lowest BCUT2D eigenvalue weighted by Crippen LogP contribution is -2.45. The van der Waals surface area contributed by atoms with Gasteiger partial charge < -0.3 is 16.2 Å². The van der Waals surface area contributed by atoms with Crippen LogP contribution in [0.15, 0.2) is 0 Å².